The number of piperidine rings is 1. The van der Waals surface area contributed by atoms with Gasteiger partial charge in [-0.2, -0.15) is 5.10 Å². The molecule has 3 rings (SSSR count). The van der Waals surface area contributed by atoms with Crippen LogP contribution in [0.4, 0.5) is 0 Å². The van der Waals surface area contributed by atoms with Crippen molar-refractivity contribution in [2.45, 2.75) is 44.9 Å². The minimum absolute atomic E-state index is 0. The van der Waals surface area contributed by atoms with E-state index in [0.29, 0.717) is 18.4 Å². The topological polar surface area (TPSA) is 115 Å². The average molecular weight is 525 g/mol. The molecule has 2 heterocycles. The largest absolute Gasteiger partial charge is 0.357 e. The Morgan fingerprint density at radius 2 is 2.07 bits per heavy atom. The second-order valence-corrected chi connectivity index (χ2v) is 9.26. The standard InChI is InChI=1S/C17H31N7O2S.HI/c1-2-18-17(19-8-11-27(25,26)22-12-14-4-3-5-14)24-9-6-15(7-10-24)16-20-13-21-23-16;/h13-15,22H,2-12H2,1H3,(H,18,19)(H,20,21,23);1H. The monoisotopic (exact) mass is 525 g/mol. The maximum Gasteiger partial charge on any atom is 0.213 e. The highest BCUT2D eigenvalue weighted by Gasteiger charge is 2.24. The van der Waals surface area contributed by atoms with Crippen LogP contribution < -0.4 is 10.0 Å². The van der Waals surface area contributed by atoms with E-state index >= 15 is 0 Å². The van der Waals surface area contributed by atoms with E-state index in [1.165, 1.54) is 6.42 Å². The molecule has 0 amide bonds. The summed E-state index contributed by atoms with van der Waals surface area (Å²) in [5, 5.41) is 10.2. The molecule has 2 fully saturated rings. The number of hydrogen-bond donors (Lipinski definition) is 3. The molecule has 1 aliphatic heterocycles. The highest BCUT2D eigenvalue weighted by molar-refractivity contribution is 14.0. The van der Waals surface area contributed by atoms with E-state index in [1.54, 1.807) is 6.33 Å². The van der Waals surface area contributed by atoms with Crippen molar-refractivity contribution in [1.29, 1.82) is 0 Å². The molecule has 1 aromatic rings. The van der Waals surface area contributed by atoms with E-state index in [1.807, 2.05) is 6.92 Å². The number of halogens is 1. The van der Waals surface area contributed by atoms with Crippen molar-refractivity contribution in [3.05, 3.63) is 12.2 Å². The van der Waals surface area contributed by atoms with Gasteiger partial charge < -0.3 is 10.2 Å². The quantitative estimate of drug-likeness (QED) is 0.268. The summed E-state index contributed by atoms with van der Waals surface area (Å²) in [7, 11) is -3.26. The van der Waals surface area contributed by atoms with Crippen LogP contribution in [0.3, 0.4) is 0 Å². The molecule has 1 aliphatic carbocycles. The maximum absolute atomic E-state index is 12.1. The van der Waals surface area contributed by atoms with Crippen LogP contribution in [0.2, 0.25) is 0 Å². The van der Waals surface area contributed by atoms with Crippen LogP contribution >= 0.6 is 24.0 Å². The molecule has 0 atom stereocenters. The van der Waals surface area contributed by atoms with Gasteiger partial charge in [0.25, 0.3) is 0 Å². The van der Waals surface area contributed by atoms with Gasteiger partial charge in [-0.25, -0.2) is 18.1 Å². The number of likely N-dealkylation sites (tertiary alicyclic amines) is 1. The zero-order valence-electron chi connectivity index (χ0n) is 16.4. The van der Waals surface area contributed by atoms with E-state index in [9.17, 15) is 8.42 Å². The molecule has 1 saturated heterocycles. The number of hydrogen-bond acceptors (Lipinski definition) is 5. The number of rotatable bonds is 8. The van der Waals surface area contributed by atoms with Gasteiger partial charge in [0.15, 0.2) is 5.96 Å². The van der Waals surface area contributed by atoms with Crippen molar-refractivity contribution in [1.82, 2.24) is 30.1 Å². The van der Waals surface area contributed by atoms with Crippen LogP contribution in [-0.2, 0) is 10.0 Å². The molecular formula is C17H32IN7O2S. The Bertz CT molecular complexity index is 699. The van der Waals surface area contributed by atoms with Crippen molar-refractivity contribution in [3.63, 3.8) is 0 Å². The molecule has 11 heteroatoms. The number of nitrogens with one attached hydrogen (secondary N) is 3. The first-order valence-corrected chi connectivity index (χ1v) is 11.6. The number of aromatic amines is 1. The lowest BCUT2D eigenvalue weighted by Crippen LogP contribution is -2.45. The molecule has 3 N–H and O–H groups in total. The van der Waals surface area contributed by atoms with Crippen LogP contribution in [0.1, 0.15) is 50.8 Å². The van der Waals surface area contributed by atoms with E-state index in [2.05, 4.69) is 35.1 Å². The lowest BCUT2D eigenvalue weighted by Gasteiger charge is -2.33. The maximum atomic E-state index is 12.1. The van der Waals surface area contributed by atoms with Gasteiger partial charge in [-0.05, 0) is 38.5 Å². The van der Waals surface area contributed by atoms with Crippen molar-refractivity contribution >= 4 is 40.0 Å². The molecular weight excluding hydrogens is 493 g/mol. The number of sulfonamides is 1. The van der Waals surface area contributed by atoms with Gasteiger partial charge in [0.2, 0.25) is 10.0 Å². The Kier molecular flexibility index (Phi) is 9.41. The third-order valence-corrected chi connectivity index (χ3v) is 6.71. The highest BCUT2D eigenvalue weighted by atomic mass is 127. The van der Waals surface area contributed by atoms with Crippen molar-refractivity contribution in [2.75, 3.05) is 38.5 Å². The first kappa shape index (κ1) is 23.3. The van der Waals surface area contributed by atoms with Gasteiger partial charge in [-0.3, -0.25) is 10.1 Å². The predicted octanol–water partition coefficient (Wildman–Crippen LogP) is 1.29. The number of aromatic nitrogens is 3. The predicted molar refractivity (Wildman–Crippen MR) is 120 cm³/mol. The zero-order valence-corrected chi connectivity index (χ0v) is 19.6. The minimum Gasteiger partial charge on any atom is -0.357 e. The molecule has 1 aromatic heterocycles. The molecule has 0 unspecified atom stereocenters. The third kappa shape index (κ3) is 6.83. The van der Waals surface area contributed by atoms with Crippen molar-refractivity contribution in [2.24, 2.45) is 10.9 Å². The Hall–Kier alpha value is -0.950. The van der Waals surface area contributed by atoms with E-state index in [0.717, 1.165) is 57.1 Å². The summed E-state index contributed by atoms with van der Waals surface area (Å²) in [6.45, 7) is 5.35. The fourth-order valence-electron chi connectivity index (χ4n) is 3.49. The first-order valence-electron chi connectivity index (χ1n) is 9.93. The van der Waals surface area contributed by atoms with Crippen molar-refractivity contribution in [3.8, 4) is 0 Å². The van der Waals surface area contributed by atoms with E-state index in [4.69, 9.17) is 0 Å². The van der Waals surface area contributed by atoms with Gasteiger partial charge in [0, 0.05) is 32.1 Å². The van der Waals surface area contributed by atoms with E-state index < -0.39 is 10.0 Å². The second-order valence-electron chi connectivity index (χ2n) is 7.33. The summed E-state index contributed by atoms with van der Waals surface area (Å²) >= 11 is 0. The average Bonchev–Trinajstić information content (AvgIpc) is 3.14. The van der Waals surface area contributed by atoms with Crippen LogP contribution in [0.15, 0.2) is 11.3 Å². The number of guanidine groups is 1. The van der Waals surface area contributed by atoms with Crippen molar-refractivity contribution < 1.29 is 8.42 Å². The Balaban J connectivity index is 0.00000280. The SMILES string of the molecule is CCNC(=NCCS(=O)(=O)NCC1CCC1)N1CCC(c2ncn[nH]2)CC1.I. The van der Waals surface area contributed by atoms with E-state index in [-0.39, 0.29) is 36.3 Å². The lowest BCUT2D eigenvalue weighted by molar-refractivity contribution is 0.299. The summed E-state index contributed by atoms with van der Waals surface area (Å²) in [6.07, 6.45) is 6.98. The summed E-state index contributed by atoms with van der Waals surface area (Å²) in [5.41, 5.74) is 0. The number of aliphatic imine (C=N–C) groups is 1. The molecule has 2 aliphatic rings. The smallest absolute Gasteiger partial charge is 0.213 e. The van der Waals surface area contributed by atoms with Crippen LogP contribution in [-0.4, -0.2) is 72.9 Å². The zero-order chi connectivity index (χ0) is 19.1. The highest BCUT2D eigenvalue weighted by Crippen LogP contribution is 2.26. The molecule has 0 spiro atoms. The summed E-state index contributed by atoms with van der Waals surface area (Å²) < 4.78 is 27.0. The molecule has 0 radical (unpaired) electrons. The van der Waals surface area contributed by atoms with Gasteiger partial charge in [0.05, 0.1) is 12.3 Å². The second kappa shape index (κ2) is 11.3. The molecule has 0 bridgehead atoms. The Morgan fingerprint density at radius 3 is 2.64 bits per heavy atom. The minimum atomic E-state index is -3.26. The summed E-state index contributed by atoms with van der Waals surface area (Å²) in [5.74, 6) is 2.68. The number of nitrogens with zero attached hydrogens (tertiary/aromatic N) is 4. The summed E-state index contributed by atoms with van der Waals surface area (Å²) in [6, 6.07) is 0. The van der Waals surface area contributed by atoms with Crippen LogP contribution in [0.25, 0.3) is 0 Å². The van der Waals surface area contributed by atoms with Crippen LogP contribution in [0.5, 0.6) is 0 Å². The lowest BCUT2D eigenvalue weighted by atomic mass is 9.86. The molecule has 9 nitrogen and oxygen atoms in total. The fraction of sp³-hybridized carbons (Fsp3) is 0.824. The number of H-pyrrole nitrogens is 1. The normalized spacial score (nSPS) is 19.2. The Labute approximate surface area is 184 Å². The van der Waals surface area contributed by atoms with Gasteiger partial charge in [-0.15, -0.1) is 24.0 Å². The Morgan fingerprint density at radius 1 is 1.32 bits per heavy atom. The van der Waals surface area contributed by atoms with Gasteiger partial charge in [0.1, 0.15) is 12.2 Å². The molecule has 28 heavy (non-hydrogen) atoms. The van der Waals surface area contributed by atoms with Gasteiger partial charge in [-0.1, -0.05) is 6.42 Å². The molecule has 1 saturated carbocycles. The van der Waals surface area contributed by atoms with Crippen LogP contribution in [0, 0.1) is 5.92 Å². The first-order chi connectivity index (χ1) is 13.1. The molecule has 160 valence electrons. The molecule has 0 aromatic carbocycles. The third-order valence-electron chi connectivity index (χ3n) is 5.39. The van der Waals surface area contributed by atoms with Gasteiger partial charge >= 0.3 is 0 Å². The fourth-order valence-corrected chi connectivity index (χ4v) is 4.45. The summed E-state index contributed by atoms with van der Waals surface area (Å²) in [4.78, 5) is 11.0.